The van der Waals surface area contributed by atoms with Crippen LogP contribution in [0.5, 0.6) is 0 Å². The summed E-state index contributed by atoms with van der Waals surface area (Å²) in [5.74, 6) is 1.85. The number of hydrogen-bond donors (Lipinski definition) is 0. The molecule has 0 aliphatic rings. The van der Waals surface area contributed by atoms with Crippen molar-refractivity contribution in [3.63, 3.8) is 0 Å². The van der Waals surface area contributed by atoms with Crippen LogP contribution in [0.3, 0.4) is 0 Å². The minimum absolute atomic E-state index is 0.594. The van der Waals surface area contributed by atoms with E-state index in [9.17, 15) is 0 Å². The standard InChI is InChI=1S/C45H27N3O2/c1-3-11-28(12-4-1)43-46-44(29-13-5-2-6-14-29)48-45(47-43)33-21-23-36-38-26-31(22-24-40(38)49-41(36)27-33)30-15-9-16-32(25-30)34-18-10-19-37-35-17-7-8-20-39(35)50-42(34)37/h1-27H. The van der Waals surface area contributed by atoms with Gasteiger partial charge < -0.3 is 8.83 Å². The Hall–Kier alpha value is -6.85. The van der Waals surface area contributed by atoms with E-state index in [0.717, 1.165) is 82.8 Å². The van der Waals surface area contributed by atoms with E-state index in [2.05, 4.69) is 84.9 Å². The van der Waals surface area contributed by atoms with Crippen LogP contribution in [-0.2, 0) is 0 Å². The molecule has 0 aliphatic heterocycles. The first kappa shape index (κ1) is 28.2. The maximum atomic E-state index is 6.42. The van der Waals surface area contributed by atoms with Gasteiger partial charge in [0.15, 0.2) is 17.5 Å². The Morgan fingerprint density at radius 2 is 0.860 bits per heavy atom. The van der Waals surface area contributed by atoms with E-state index in [1.807, 2.05) is 78.9 Å². The summed E-state index contributed by atoms with van der Waals surface area (Å²) in [4.78, 5) is 14.6. The highest BCUT2D eigenvalue weighted by atomic mass is 16.3. The Bertz CT molecular complexity index is 2810. The number of rotatable bonds is 5. The Morgan fingerprint density at radius 3 is 1.64 bits per heavy atom. The summed E-state index contributed by atoms with van der Waals surface area (Å²) in [5, 5.41) is 4.34. The Balaban J connectivity index is 1.05. The van der Waals surface area contributed by atoms with E-state index in [1.165, 1.54) is 0 Å². The number of fused-ring (bicyclic) bond motifs is 6. The van der Waals surface area contributed by atoms with Gasteiger partial charge in [0.2, 0.25) is 0 Å². The van der Waals surface area contributed by atoms with E-state index in [0.29, 0.717) is 17.5 Å². The van der Waals surface area contributed by atoms with E-state index in [1.54, 1.807) is 0 Å². The lowest BCUT2D eigenvalue weighted by Crippen LogP contribution is -2.00. The lowest BCUT2D eigenvalue weighted by Gasteiger charge is -2.08. The number of hydrogen-bond acceptors (Lipinski definition) is 5. The normalized spacial score (nSPS) is 11.6. The topological polar surface area (TPSA) is 65.0 Å². The van der Waals surface area contributed by atoms with Crippen LogP contribution in [0.4, 0.5) is 0 Å². The molecule has 0 N–H and O–H groups in total. The molecule has 0 bridgehead atoms. The first-order valence-electron chi connectivity index (χ1n) is 16.6. The van der Waals surface area contributed by atoms with E-state index in [-0.39, 0.29) is 0 Å². The molecule has 0 fully saturated rings. The summed E-state index contributed by atoms with van der Waals surface area (Å²) in [6.07, 6.45) is 0. The van der Waals surface area contributed by atoms with Gasteiger partial charge in [-0.3, -0.25) is 0 Å². The maximum absolute atomic E-state index is 6.42. The maximum Gasteiger partial charge on any atom is 0.164 e. The van der Waals surface area contributed by atoms with Crippen LogP contribution in [0, 0.1) is 0 Å². The molecule has 0 spiro atoms. The van der Waals surface area contributed by atoms with E-state index >= 15 is 0 Å². The Morgan fingerprint density at radius 1 is 0.300 bits per heavy atom. The molecule has 3 heterocycles. The monoisotopic (exact) mass is 641 g/mol. The quantitative estimate of drug-likeness (QED) is 0.187. The average molecular weight is 642 g/mol. The van der Waals surface area contributed by atoms with Crippen LogP contribution in [0.2, 0.25) is 0 Å². The lowest BCUT2D eigenvalue weighted by atomic mass is 9.97. The third kappa shape index (κ3) is 4.75. The van der Waals surface area contributed by atoms with Crippen molar-refractivity contribution in [2.75, 3.05) is 0 Å². The molecule has 50 heavy (non-hydrogen) atoms. The van der Waals surface area contributed by atoms with Gasteiger partial charge in [-0.05, 0) is 53.1 Å². The highest BCUT2D eigenvalue weighted by Crippen LogP contribution is 2.39. The predicted molar refractivity (Wildman–Crippen MR) is 202 cm³/mol. The van der Waals surface area contributed by atoms with Crippen LogP contribution < -0.4 is 0 Å². The molecule has 0 saturated heterocycles. The van der Waals surface area contributed by atoms with Crippen LogP contribution in [0.25, 0.3) is 100 Å². The molecular formula is C45H27N3O2. The van der Waals surface area contributed by atoms with Crippen molar-refractivity contribution in [3.05, 3.63) is 164 Å². The second-order valence-electron chi connectivity index (χ2n) is 12.4. The lowest BCUT2D eigenvalue weighted by molar-refractivity contribution is 0.669. The van der Waals surface area contributed by atoms with Gasteiger partial charge in [0.05, 0.1) is 0 Å². The first-order chi connectivity index (χ1) is 24.7. The molecule has 0 atom stereocenters. The smallest absolute Gasteiger partial charge is 0.164 e. The van der Waals surface area contributed by atoms with Crippen molar-refractivity contribution >= 4 is 43.9 Å². The van der Waals surface area contributed by atoms with Gasteiger partial charge >= 0.3 is 0 Å². The zero-order valence-electron chi connectivity index (χ0n) is 26.7. The average Bonchev–Trinajstić information content (AvgIpc) is 3.76. The van der Waals surface area contributed by atoms with E-state index in [4.69, 9.17) is 23.8 Å². The van der Waals surface area contributed by atoms with Crippen LogP contribution in [-0.4, -0.2) is 15.0 Å². The number of aromatic nitrogens is 3. The molecular weight excluding hydrogens is 615 g/mol. The molecule has 0 unspecified atom stereocenters. The summed E-state index contributed by atoms with van der Waals surface area (Å²) in [6.45, 7) is 0. The minimum atomic E-state index is 0.594. The zero-order chi connectivity index (χ0) is 33.0. The first-order valence-corrected chi connectivity index (χ1v) is 16.6. The van der Waals surface area contributed by atoms with Crippen LogP contribution >= 0.6 is 0 Å². The van der Waals surface area contributed by atoms with Gasteiger partial charge in [0.25, 0.3) is 0 Å². The van der Waals surface area contributed by atoms with Gasteiger partial charge in [0, 0.05) is 43.8 Å². The van der Waals surface area contributed by atoms with Crippen LogP contribution in [0.1, 0.15) is 0 Å². The van der Waals surface area contributed by atoms with Gasteiger partial charge in [-0.2, -0.15) is 0 Å². The largest absolute Gasteiger partial charge is 0.456 e. The summed E-state index contributed by atoms with van der Waals surface area (Å²) in [7, 11) is 0. The number of nitrogens with zero attached hydrogens (tertiary/aromatic N) is 3. The molecule has 5 heteroatoms. The fourth-order valence-electron chi connectivity index (χ4n) is 6.87. The molecule has 10 aromatic rings. The van der Waals surface area contributed by atoms with Crippen molar-refractivity contribution in [2.24, 2.45) is 0 Å². The molecule has 10 rings (SSSR count). The summed E-state index contributed by atoms with van der Waals surface area (Å²) >= 11 is 0. The van der Waals surface area contributed by atoms with Crippen molar-refractivity contribution in [1.29, 1.82) is 0 Å². The molecule has 0 amide bonds. The number of benzene rings is 7. The summed E-state index contributed by atoms with van der Waals surface area (Å²) in [6, 6.07) is 55.8. The highest BCUT2D eigenvalue weighted by Gasteiger charge is 2.16. The molecule has 0 radical (unpaired) electrons. The molecule has 3 aromatic heterocycles. The zero-order valence-corrected chi connectivity index (χ0v) is 26.7. The minimum Gasteiger partial charge on any atom is -0.456 e. The Kier molecular flexibility index (Phi) is 6.42. The molecule has 234 valence electrons. The predicted octanol–water partition coefficient (Wildman–Crippen LogP) is 12.0. The molecule has 5 nitrogen and oxygen atoms in total. The fraction of sp³-hybridized carbons (Fsp3) is 0. The number of furan rings is 2. The fourth-order valence-corrected chi connectivity index (χ4v) is 6.87. The third-order valence-corrected chi connectivity index (χ3v) is 9.34. The van der Waals surface area contributed by atoms with Crippen molar-refractivity contribution in [1.82, 2.24) is 15.0 Å². The van der Waals surface area contributed by atoms with Crippen molar-refractivity contribution < 1.29 is 8.83 Å². The number of para-hydroxylation sites is 2. The molecule has 0 aliphatic carbocycles. The third-order valence-electron chi connectivity index (χ3n) is 9.34. The second-order valence-corrected chi connectivity index (χ2v) is 12.4. The van der Waals surface area contributed by atoms with Gasteiger partial charge in [-0.1, -0.05) is 127 Å². The van der Waals surface area contributed by atoms with Crippen molar-refractivity contribution in [2.45, 2.75) is 0 Å². The van der Waals surface area contributed by atoms with Crippen molar-refractivity contribution in [3.8, 4) is 56.4 Å². The molecule has 7 aromatic carbocycles. The summed E-state index contributed by atoms with van der Waals surface area (Å²) in [5.41, 5.74) is 10.6. The molecule has 0 saturated carbocycles. The highest BCUT2D eigenvalue weighted by molar-refractivity contribution is 6.10. The second kappa shape index (κ2) is 11.4. The van der Waals surface area contributed by atoms with Crippen LogP contribution in [0.15, 0.2) is 173 Å². The van der Waals surface area contributed by atoms with Gasteiger partial charge in [-0.25, -0.2) is 15.0 Å². The van der Waals surface area contributed by atoms with Gasteiger partial charge in [-0.15, -0.1) is 0 Å². The van der Waals surface area contributed by atoms with E-state index < -0.39 is 0 Å². The van der Waals surface area contributed by atoms with Gasteiger partial charge in [0.1, 0.15) is 22.3 Å². The SMILES string of the molecule is c1ccc(-c2nc(-c3ccccc3)nc(-c3ccc4c(c3)oc3ccc(-c5cccc(-c6cccc7c6oc6ccccc67)c5)cc34)n2)cc1. The summed E-state index contributed by atoms with van der Waals surface area (Å²) < 4.78 is 12.8. The Labute approximate surface area is 287 Å².